The fourth-order valence-electron chi connectivity index (χ4n) is 2.41. The number of benzene rings is 1. The van der Waals surface area contributed by atoms with E-state index in [1.54, 1.807) is 0 Å². The van der Waals surface area contributed by atoms with Gasteiger partial charge in [0.05, 0.1) is 0 Å². The molecule has 0 aliphatic heterocycles. The average molecular weight is 305 g/mol. The second-order valence-electron chi connectivity index (χ2n) is 5.63. The first-order valence-electron chi connectivity index (χ1n) is 7.88. The first-order valence-corrected chi connectivity index (χ1v) is 7.88. The number of hydrogen-bond donors (Lipinski definition) is 3. The normalized spacial score (nSPS) is 14.7. The summed E-state index contributed by atoms with van der Waals surface area (Å²) < 4.78 is 0. The predicted molar refractivity (Wildman–Crippen MR) is 88.4 cm³/mol. The van der Waals surface area contributed by atoms with Gasteiger partial charge in [0, 0.05) is 12.5 Å². The Balaban J connectivity index is 2.66. The third kappa shape index (κ3) is 5.39. The molecule has 22 heavy (non-hydrogen) atoms. The number of primary amides is 1. The monoisotopic (exact) mass is 305 g/mol. The number of urea groups is 1. The highest BCUT2D eigenvalue weighted by atomic mass is 16.2. The van der Waals surface area contributed by atoms with E-state index in [9.17, 15) is 9.59 Å². The molecule has 1 rings (SSSR count). The maximum atomic E-state index is 12.3. The van der Waals surface area contributed by atoms with Gasteiger partial charge in [0.15, 0.2) is 0 Å². The summed E-state index contributed by atoms with van der Waals surface area (Å²) in [6.07, 6.45) is 1.72. The number of nitrogens with one attached hydrogen (secondary N) is 2. The minimum atomic E-state index is -0.671. The summed E-state index contributed by atoms with van der Waals surface area (Å²) in [5, 5.41) is 5.48. The summed E-state index contributed by atoms with van der Waals surface area (Å²) in [6, 6.07) is 8.84. The molecule has 0 saturated carbocycles. The predicted octanol–water partition coefficient (Wildman–Crippen LogP) is 2.38. The van der Waals surface area contributed by atoms with Crippen molar-refractivity contribution < 1.29 is 9.59 Å². The van der Waals surface area contributed by atoms with E-state index >= 15 is 0 Å². The Kier molecular flexibility index (Phi) is 7.43. The highest BCUT2D eigenvalue weighted by molar-refractivity contribution is 5.86. The zero-order valence-electron chi connectivity index (χ0n) is 13.6. The molecule has 3 unspecified atom stereocenters. The van der Waals surface area contributed by atoms with Crippen LogP contribution in [0.3, 0.4) is 0 Å². The van der Waals surface area contributed by atoms with Crippen LogP contribution in [-0.4, -0.2) is 24.5 Å². The van der Waals surface area contributed by atoms with E-state index in [0.717, 1.165) is 12.8 Å². The van der Waals surface area contributed by atoms with Crippen LogP contribution in [0.5, 0.6) is 0 Å². The first kappa shape index (κ1) is 18.0. The molecule has 0 aromatic heterocycles. The second-order valence-corrected chi connectivity index (χ2v) is 5.63. The molecule has 0 saturated heterocycles. The Morgan fingerprint density at radius 1 is 1.14 bits per heavy atom. The van der Waals surface area contributed by atoms with Crippen molar-refractivity contribution in [3.63, 3.8) is 0 Å². The van der Waals surface area contributed by atoms with E-state index in [1.807, 2.05) is 32.0 Å². The van der Waals surface area contributed by atoms with Gasteiger partial charge in [-0.15, -0.1) is 0 Å². The van der Waals surface area contributed by atoms with Crippen molar-refractivity contribution in [2.45, 2.75) is 45.6 Å². The summed E-state index contributed by atoms with van der Waals surface area (Å²) in [7, 11) is 0. The van der Waals surface area contributed by atoms with Crippen LogP contribution in [0.2, 0.25) is 0 Å². The van der Waals surface area contributed by atoms with Crippen molar-refractivity contribution >= 4 is 11.9 Å². The fourth-order valence-corrected chi connectivity index (χ4v) is 2.41. The number of carbonyl (C=O) groups is 2. The second kappa shape index (κ2) is 9.07. The van der Waals surface area contributed by atoms with Crippen LogP contribution >= 0.6 is 0 Å². The molecule has 0 fully saturated rings. The first-order chi connectivity index (χ1) is 10.5. The Labute approximate surface area is 132 Å². The molecule has 1 aromatic rings. The summed E-state index contributed by atoms with van der Waals surface area (Å²) in [5.41, 5.74) is 6.37. The molecule has 0 aliphatic carbocycles. The van der Waals surface area contributed by atoms with E-state index in [1.165, 1.54) is 5.56 Å². The van der Waals surface area contributed by atoms with Gasteiger partial charge in [0.25, 0.3) is 0 Å². The van der Waals surface area contributed by atoms with Gasteiger partial charge in [-0.3, -0.25) is 4.79 Å². The van der Waals surface area contributed by atoms with Crippen LogP contribution in [-0.2, 0) is 4.79 Å². The molecule has 0 spiro atoms. The molecular weight excluding hydrogens is 278 g/mol. The quantitative estimate of drug-likeness (QED) is 0.689. The maximum absolute atomic E-state index is 12.3. The van der Waals surface area contributed by atoms with E-state index in [-0.39, 0.29) is 17.7 Å². The lowest BCUT2D eigenvalue weighted by Gasteiger charge is -2.24. The van der Waals surface area contributed by atoms with Crippen molar-refractivity contribution in [1.29, 1.82) is 0 Å². The van der Waals surface area contributed by atoms with E-state index in [4.69, 9.17) is 5.73 Å². The van der Waals surface area contributed by atoms with Crippen molar-refractivity contribution in [2.24, 2.45) is 11.7 Å². The maximum Gasteiger partial charge on any atom is 0.312 e. The molecule has 5 nitrogen and oxygen atoms in total. The van der Waals surface area contributed by atoms with Gasteiger partial charge in [-0.05, 0) is 17.9 Å². The number of rotatable bonds is 8. The number of hydrogen-bond acceptors (Lipinski definition) is 2. The van der Waals surface area contributed by atoms with Crippen LogP contribution < -0.4 is 16.4 Å². The third-order valence-corrected chi connectivity index (χ3v) is 4.08. The number of carbonyl (C=O) groups excluding carboxylic acids is 2. The van der Waals surface area contributed by atoms with Gasteiger partial charge in [-0.1, -0.05) is 57.5 Å². The van der Waals surface area contributed by atoms with Crippen molar-refractivity contribution in [1.82, 2.24) is 10.6 Å². The molecule has 0 heterocycles. The van der Waals surface area contributed by atoms with E-state index in [2.05, 4.69) is 29.7 Å². The van der Waals surface area contributed by atoms with Gasteiger partial charge >= 0.3 is 6.03 Å². The zero-order valence-corrected chi connectivity index (χ0v) is 13.6. The lowest BCUT2D eigenvalue weighted by atomic mass is 9.95. The largest absolute Gasteiger partial charge is 0.354 e. The lowest BCUT2D eigenvalue weighted by Crippen LogP contribution is -2.52. The van der Waals surface area contributed by atoms with Crippen LogP contribution in [0, 0.1) is 5.92 Å². The van der Waals surface area contributed by atoms with Crippen molar-refractivity contribution in [3.8, 4) is 0 Å². The van der Waals surface area contributed by atoms with Gasteiger partial charge in [-0.2, -0.15) is 0 Å². The smallest absolute Gasteiger partial charge is 0.312 e. The van der Waals surface area contributed by atoms with Crippen molar-refractivity contribution in [3.05, 3.63) is 35.9 Å². The zero-order chi connectivity index (χ0) is 16.5. The van der Waals surface area contributed by atoms with Crippen LogP contribution in [0.1, 0.15) is 45.1 Å². The Morgan fingerprint density at radius 3 is 2.27 bits per heavy atom. The van der Waals surface area contributed by atoms with Gasteiger partial charge in [-0.25, -0.2) is 4.79 Å². The molecule has 3 amide bonds. The summed E-state index contributed by atoms with van der Waals surface area (Å²) in [6.45, 7) is 6.55. The summed E-state index contributed by atoms with van der Waals surface area (Å²) in [4.78, 5) is 23.4. The molecule has 0 bridgehead atoms. The van der Waals surface area contributed by atoms with Gasteiger partial charge in [0.2, 0.25) is 5.91 Å². The average Bonchev–Trinajstić information content (AvgIpc) is 2.53. The van der Waals surface area contributed by atoms with Crippen LogP contribution in [0.15, 0.2) is 30.3 Å². The minimum Gasteiger partial charge on any atom is -0.354 e. The minimum absolute atomic E-state index is 0.0318. The molecule has 4 N–H and O–H groups in total. The Hall–Kier alpha value is -2.04. The van der Waals surface area contributed by atoms with Crippen LogP contribution in [0.25, 0.3) is 0 Å². The molecule has 0 radical (unpaired) electrons. The fraction of sp³-hybridized carbons (Fsp3) is 0.529. The molecule has 3 atom stereocenters. The van der Waals surface area contributed by atoms with Crippen molar-refractivity contribution in [2.75, 3.05) is 6.54 Å². The topological polar surface area (TPSA) is 84.2 Å². The molecule has 122 valence electrons. The highest BCUT2D eigenvalue weighted by Crippen LogP contribution is 2.18. The third-order valence-electron chi connectivity index (χ3n) is 4.08. The molecule has 0 aliphatic rings. The lowest BCUT2D eigenvalue weighted by molar-refractivity contribution is -0.124. The Morgan fingerprint density at radius 2 is 1.77 bits per heavy atom. The standard InChI is InChI=1S/C17H27N3O2/c1-4-12(3)15(20-17(18)22)16(21)19-11-13(5-2)14-9-7-6-8-10-14/h6-10,12-13,15H,4-5,11H2,1-3H3,(H,19,21)(H3,18,20,22). The van der Waals surface area contributed by atoms with Gasteiger partial charge < -0.3 is 16.4 Å². The number of amides is 3. The highest BCUT2D eigenvalue weighted by Gasteiger charge is 2.25. The Bertz CT molecular complexity index is 476. The van der Waals surface area contributed by atoms with Crippen LogP contribution in [0.4, 0.5) is 4.79 Å². The summed E-state index contributed by atoms with van der Waals surface area (Å²) >= 11 is 0. The van der Waals surface area contributed by atoms with Gasteiger partial charge in [0.1, 0.15) is 6.04 Å². The molecule has 1 aromatic carbocycles. The SMILES string of the molecule is CCC(CNC(=O)C(NC(N)=O)C(C)CC)c1ccccc1. The summed E-state index contributed by atoms with van der Waals surface area (Å²) in [5.74, 6) is 0.114. The van der Waals surface area contributed by atoms with E-state index < -0.39 is 12.1 Å². The number of nitrogens with two attached hydrogens (primary N) is 1. The molecular formula is C17H27N3O2. The van der Waals surface area contributed by atoms with E-state index in [0.29, 0.717) is 6.54 Å². The molecule has 5 heteroatoms.